The topological polar surface area (TPSA) is 93.6 Å². The van der Waals surface area contributed by atoms with Crippen LogP contribution in [-0.4, -0.2) is 37.6 Å². The van der Waals surface area contributed by atoms with Crippen LogP contribution in [0.25, 0.3) is 17.0 Å². The molecule has 1 aromatic carbocycles. The molecule has 2 N–H and O–H groups in total. The van der Waals surface area contributed by atoms with Gasteiger partial charge in [0.05, 0.1) is 5.25 Å². The van der Waals surface area contributed by atoms with Crippen LogP contribution in [0.3, 0.4) is 0 Å². The van der Waals surface area contributed by atoms with E-state index in [0.29, 0.717) is 25.1 Å². The maximum atomic E-state index is 12.2. The standard InChI is InChI=1S/C16H18N2O4S/c17-23(20,21)14-5-3-9-18(11-14)16(19)8-7-13-10-12-4-1-2-6-15(12)22-13/h1-2,4,6-8,10,14H,3,5,9,11H2,(H2,17,20,21)/b8-7+. The molecule has 0 aliphatic carbocycles. The number of primary sulfonamides is 1. The van der Waals surface area contributed by atoms with Gasteiger partial charge in [-0.2, -0.15) is 0 Å². The number of para-hydroxylation sites is 1. The van der Waals surface area contributed by atoms with E-state index in [1.54, 1.807) is 6.08 Å². The number of likely N-dealkylation sites (tertiary alicyclic amines) is 1. The Morgan fingerprint density at radius 3 is 2.87 bits per heavy atom. The Morgan fingerprint density at radius 2 is 2.13 bits per heavy atom. The minimum atomic E-state index is -3.61. The van der Waals surface area contributed by atoms with E-state index >= 15 is 0 Å². The minimum absolute atomic E-state index is 0.141. The molecule has 1 aromatic heterocycles. The first-order valence-corrected chi connectivity index (χ1v) is 9.01. The zero-order valence-corrected chi connectivity index (χ0v) is 13.3. The van der Waals surface area contributed by atoms with Crippen molar-refractivity contribution in [3.63, 3.8) is 0 Å². The number of carbonyl (C=O) groups is 1. The molecule has 0 spiro atoms. The lowest BCUT2D eigenvalue weighted by atomic mass is 10.1. The lowest BCUT2D eigenvalue weighted by molar-refractivity contribution is -0.126. The van der Waals surface area contributed by atoms with Gasteiger partial charge in [-0.05, 0) is 31.1 Å². The molecule has 2 aromatic rings. The predicted octanol–water partition coefficient (Wildman–Crippen LogP) is 1.73. The monoisotopic (exact) mass is 334 g/mol. The lowest BCUT2D eigenvalue weighted by Gasteiger charge is -2.30. The molecule has 1 fully saturated rings. The van der Waals surface area contributed by atoms with Crippen LogP contribution < -0.4 is 5.14 Å². The fraction of sp³-hybridized carbons (Fsp3) is 0.312. The molecule has 1 aliphatic heterocycles. The zero-order chi connectivity index (χ0) is 16.4. The number of piperidine rings is 1. The van der Waals surface area contributed by atoms with Crippen molar-refractivity contribution in [3.8, 4) is 0 Å². The Labute approximate surface area is 134 Å². The molecule has 3 rings (SSSR count). The highest BCUT2D eigenvalue weighted by molar-refractivity contribution is 7.89. The van der Waals surface area contributed by atoms with Crippen molar-refractivity contribution in [3.05, 3.63) is 42.2 Å². The number of nitrogens with two attached hydrogens (primary N) is 1. The van der Waals surface area contributed by atoms with Crippen molar-refractivity contribution in [2.75, 3.05) is 13.1 Å². The van der Waals surface area contributed by atoms with Gasteiger partial charge in [-0.25, -0.2) is 13.6 Å². The summed E-state index contributed by atoms with van der Waals surface area (Å²) in [6.07, 6.45) is 4.13. The third kappa shape index (κ3) is 3.62. The van der Waals surface area contributed by atoms with Crippen molar-refractivity contribution < 1.29 is 17.6 Å². The molecule has 1 aliphatic rings. The van der Waals surface area contributed by atoms with Gasteiger partial charge in [0.25, 0.3) is 0 Å². The Kier molecular flexibility index (Phi) is 4.23. The van der Waals surface area contributed by atoms with E-state index in [9.17, 15) is 13.2 Å². The van der Waals surface area contributed by atoms with E-state index in [1.165, 1.54) is 11.0 Å². The van der Waals surface area contributed by atoms with Crippen molar-refractivity contribution in [2.24, 2.45) is 5.14 Å². The SMILES string of the molecule is NS(=O)(=O)C1CCCN(C(=O)/C=C/c2cc3ccccc3o2)C1. The van der Waals surface area contributed by atoms with Crippen LogP contribution in [0.5, 0.6) is 0 Å². The van der Waals surface area contributed by atoms with Crippen molar-refractivity contribution in [1.82, 2.24) is 4.90 Å². The van der Waals surface area contributed by atoms with Gasteiger partial charge in [0.2, 0.25) is 15.9 Å². The van der Waals surface area contributed by atoms with Gasteiger partial charge in [0, 0.05) is 24.6 Å². The number of hydrogen-bond acceptors (Lipinski definition) is 4. The summed E-state index contributed by atoms with van der Waals surface area (Å²) < 4.78 is 28.5. The Morgan fingerprint density at radius 1 is 1.35 bits per heavy atom. The minimum Gasteiger partial charge on any atom is -0.457 e. The summed E-state index contributed by atoms with van der Waals surface area (Å²) >= 11 is 0. The molecule has 7 heteroatoms. The number of furan rings is 1. The normalized spacial score (nSPS) is 19.5. The summed E-state index contributed by atoms with van der Waals surface area (Å²) in [6.45, 7) is 0.678. The average molecular weight is 334 g/mol. The number of hydrogen-bond donors (Lipinski definition) is 1. The number of rotatable bonds is 3. The first-order valence-electron chi connectivity index (χ1n) is 7.41. The van der Waals surface area contributed by atoms with Crippen LogP contribution in [0.2, 0.25) is 0 Å². The molecule has 0 saturated carbocycles. The summed E-state index contributed by atoms with van der Waals surface area (Å²) in [5.74, 6) is 0.346. The number of sulfonamides is 1. The average Bonchev–Trinajstić information content (AvgIpc) is 2.95. The molecule has 1 unspecified atom stereocenters. The maximum Gasteiger partial charge on any atom is 0.246 e. The van der Waals surface area contributed by atoms with Gasteiger partial charge in [0.1, 0.15) is 11.3 Å². The summed E-state index contributed by atoms with van der Waals surface area (Å²) in [4.78, 5) is 13.7. The van der Waals surface area contributed by atoms with Gasteiger partial charge >= 0.3 is 0 Å². The van der Waals surface area contributed by atoms with Gasteiger partial charge in [-0.3, -0.25) is 4.79 Å². The Balaban J connectivity index is 1.70. The smallest absolute Gasteiger partial charge is 0.246 e. The molecule has 122 valence electrons. The lowest BCUT2D eigenvalue weighted by Crippen LogP contribution is -2.46. The van der Waals surface area contributed by atoms with Crippen LogP contribution >= 0.6 is 0 Å². The second-order valence-corrected chi connectivity index (χ2v) is 7.50. The zero-order valence-electron chi connectivity index (χ0n) is 12.5. The van der Waals surface area contributed by atoms with Gasteiger partial charge < -0.3 is 9.32 Å². The van der Waals surface area contributed by atoms with Crippen LogP contribution in [0.4, 0.5) is 0 Å². The molecular weight excluding hydrogens is 316 g/mol. The second-order valence-electron chi connectivity index (χ2n) is 5.66. The number of fused-ring (bicyclic) bond motifs is 1. The quantitative estimate of drug-likeness (QED) is 0.865. The third-order valence-corrected chi connectivity index (χ3v) is 5.30. The highest BCUT2D eigenvalue weighted by Crippen LogP contribution is 2.20. The molecule has 1 amide bonds. The second kappa shape index (κ2) is 6.17. The summed E-state index contributed by atoms with van der Waals surface area (Å²) in [5.41, 5.74) is 0.756. The predicted molar refractivity (Wildman–Crippen MR) is 88.0 cm³/mol. The van der Waals surface area contributed by atoms with E-state index in [4.69, 9.17) is 9.56 Å². The van der Waals surface area contributed by atoms with Crippen molar-refractivity contribution >= 4 is 33.0 Å². The summed E-state index contributed by atoms with van der Waals surface area (Å²) in [7, 11) is -3.61. The van der Waals surface area contributed by atoms with Crippen molar-refractivity contribution in [2.45, 2.75) is 18.1 Å². The highest BCUT2D eigenvalue weighted by Gasteiger charge is 2.29. The van der Waals surface area contributed by atoms with E-state index in [1.807, 2.05) is 30.3 Å². The maximum absolute atomic E-state index is 12.2. The van der Waals surface area contributed by atoms with Gasteiger partial charge in [-0.15, -0.1) is 0 Å². The Bertz CT molecular complexity index is 821. The molecule has 1 saturated heterocycles. The van der Waals surface area contributed by atoms with E-state index < -0.39 is 15.3 Å². The first-order chi connectivity index (χ1) is 10.9. The van der Waals surface area contributed by atoms with E-state index in [-0.39, 0.29) is 12.5 Å². The summed E-state index contributed by atoms with van der Waals surface area (Å²) in [5, 5.41) is 5.47. The highest BCUT2D eigenvalue weighted by atomic mass is 32.2. The van der Waals surface area contributed by atoms with E-state index in [0.717, 1.165) is 11.0 Å². The van der Waals surface area contributed by atoms with Crippen LogP contribution in [-0.2, 0) is 14.8 Å². The molecule has 23 heavy (non-hydrogen) atoms. The largest absolute Gasteiger partial charge is 0.457 e. The fourth-order valence-electron chi connectivity index (χ4n) is 2.75. The molecule has 6 nitrogen and oxygen atoms in total. The Hall–Kier alpha value is -2.12. The molecule has 2 heterocycles. The molecule has 1 atom stereocenters. The van der Waals surface area contributed by atoms with Crippen LogP contribution in [0.1, 0.15) is 18.6 Å². The molecular formula is C16H18N2O4S. The number of amides is 1. The number of nitrogens with zero attached hydrogens (tertiary/aromatic N) is 1. The van der Waals surface area contributed by atoms with Crippen LogP contribution in [0, 0.1) is 0 Å². The van der Waals surface area contributed by atoms with Gasteiger partial charge in [-0.1, -0.05) is 18.2 Å². The first kappa shape index (κ1) is 15.8. The third-order valence-electron chi connectivity index (χ3n) is 3.99. The van der Waals surface area contributed by atoms with E-state index in [2.05, 4.69) is 0 Å². The number of carbonyl (C=O) groups excluding carboxylic acids is 1. The number of benzene rings is 1. The fourth-order valence-corrected chi connectivity index (χ4v) is 3.63. The molecule has 0 radical (unpaired) electrons. The molecule has 0 bridgehead atoms. The van der Waals surface area contributed by atoms with Crippen molar-refractivity contribution in [1.29, 1.82) is 0 Å². The van der Waals surface area contributed by atoms with Crippen LogP contribution in [0.15, 0.2) is 40.8 Å². The van der Waals surface area contributed by atoms with Gasteiger partial charge in [0.15, 0.2) is 0 Å². The summed E-state index contributed by atoms with van der Waals surface area (Å²) in [6, 6.07) is 9.43.